The van der Waals surface area contributed by atoms with Crippen LogP contribution in [0.4, 0.5) is 0 Å². The Bertz CT molecular complexity index is 939. The van der Waals surface area contributed by atoms with Crippen LogP contribution >= 0.6 is 11.6 Å². The normalized spacial score (nSPS) is 11.6. The second-order valence-corrected chi connectivity index (χ2v) is 6.58. The van der Waals surface area contributed by atoms with Crippen molar-refractivity contribution in [3.05, 3.63) is 95.0 Å². The minimum absolute atomic E-state index is 0.156. The smallest absolute Gasteiger partial charge is 0.326 e. The molecule has 5 heteroatoms. The van der Waals surface area contributed by atoms with Crippen molar-refractivity contribution in [3.63, 3.8) is 0 Å². The molecule has 3 rings (SSSR count). The van der Waals surface area contributed by atoms with Gasteiger partial charge in [0.15, 0.2) is 0 Å². The van der Waals surface area contributed by atoms with Crippen LogP contribution in [-0.4, -0.2) is 23.0 Å². The first-order chi connectivity index (χ1) is 13.0. The van der Waals surface area contributed by atoms with Crippen LogP contribution < -0.4 is 5.32 Å². The van der Waals surface area contributed by atoms with Crippen molar-refractivity contribution in [1.29, 1.82) is 0 Å². The van der Waals surface area contributed by atoms with Gasteiger partial charge in [-0.15, -0.1) is 0 Å². The van der Waals surface area contributed by atoms with Crippen molar-refractivity contribution in [2.45, 2.75) is 12.5 Å². The zero-order valence-corrected chi connectivity index (χ0v) is 15.2. The summed E-state index contributed by atoms with van der Waals surface area (Å²) in [7, 11) is 0. The molecule has 0 bridgehead atoms. The van der Waals surface area contributed by atoms with Crippen LogP contribution in [0.25, 0.3) is 11.1 Å². The lowest BCUT2D eigenvalue weighted by Crippen LogP contribution is -2.42. The Morgan fingerprint density at radius 1 is 0.889 bits per heavy atom. The number of hydrogen-bond acceptors (Lipinski definition) is 2. The number of benzene rings is 3. The number of hydrogen-bond donors (Lipinski definition) is 2. The molecule has 1 amide bonds. The standard InChI is InChI=1S/C22H18ClNO3/c23-19-8-4-5-15(13-19)14-20(22(26)27)24-21(25)18-11-9-17(10-12-18)16-6-2-1-3-7-16/h1-13,20H,14H2,(H,24,25)(H,26,27)/t20-/m0/s1. The molecule has 0 aliphatic heterocycles. The zero-order valence-electron chi connectivity index (χ0n) is 14.4. The van der Waals surface area contributed by atoms with Crippen LogP contribution in [-0.2, 0) is 11.2 Å². The van der Waals surface area contributed by atoms with Crippen molar-refractivity contribution in [2.24, 2.45) is 0 Å². The van der Waals surface area contributed by atoms with Gasteiger partial charge in [-0.2, -0.15) is 0 Å². The van der Waals surface area contributed by atoms with Crippen LogP contribution in [0.2, 0.25) is 5.02 Å². The summed E-state index contributed by atoms with van der Waals surface area (Å²) in [5, 5.41) is 12.6. The van der Waals surface area contributed by atoms with E-state index in [-0.39, 0.29) is 6.42 Å². The fraction of sp³-hybridized carbons (Fsp3) is 0.0909. The molecular formula is C22H18ClNO3. The lowest BCUT2D eigenvalue weighted by atomic mass is 10.0. The van der Waals surface area contributed by atoms with Crippen LogP contribution in [0.5, 0.6) is 0 Å². The molecule has 0 aliphatic rings. The quantitative estimate of drug-likeness (QED) is 0.665. The minimum Gasteiger partial charge on any atom is -0.480 e. The predicted octanol–water partition coefficient (Wildman–Crippen LogP) is 4.43. The molecule has 0 spiro atoms. The molecule has 0 radical (unpaired) electrons. The fourth-order valence-electron chi connectivity index (χ4n) is 2.79. The molecule has 0 fully saturated rings. The molecular weight excluding hydrogens is 362 g/mol. The summed E-state index contributed by atoms with van der Waals surface area (Å²) in [5.41, 5.74) is 3.19. The van der Waals surface area contributed by atoms with Gasteiger partial charge in [-0.3, -0.25) is 4.79 Å². The number of aliphatic carboxylic acids is 1. The van der Waals surface area contributed by atoms with E-state index in [1.165, 1.54) is 0 Å². The number of amides is 1. The van der Waals surface area contributed by atoms with E-state index in [1.54, 1.807) is 36.4 Å². The average Bonchev–Trinajstić information content (AvgIpc) is 2.68. The fourth-order valence-corrected chi connectivity index (χ4v) is 3.00. The zero-order chi connectivity index (χ0) is 19.2. The lowest BCUT2D eigenvalue weighted by molar-refractivity contribution is -0.139. The van der Waals surface area contributed by atoms with Crippen LogP contribution in [0.1, 0.15) is 15.9 Å². The van der Waals surface area contributed by atoms with Gasteiger partial charge < -0.3 is 10.4 Å². The topological polar surface area (TPSA) is 66.4 Å². The molecule has 0 aromatic heterocycles. The molecule has 136 valence electrons. The highest BCUT2D eigenvalue weighted by molar-refractivity contribution is 6.30. The number of carbonyl (C=O) groups is 2. The maximum atomic E-state index is 12.5. The third-order valence-corrected chi connectivity index (χ3v) is 4.42. The summed E-state index contributed by atoms with van der Waals surface area (Å²) in [5.74, 6) is -1.52. The van der Waals surface area contributed by atoms with E-state index in [4.69, 9.17) is 11.6 Å². The molecule has 0 unspecified atom stereocenters. The van der Waals surface area contributed by atoms with Crippen LogP contribution in [0.15, 0.2) is 78.9 Å². The molecule has 27 heavy (non-hydrogen) atoms. The van der Waals surface area contributed by atoms with E-state index in [0.29, 0.717) is 10.6 Å². The molecule has 2 N–H and O–H groups in total. The van der Waals surface area contributed by atoms with Crippen LogP contribution in [0.3, 0.4) is 0 Å². The number of carboxylic acids is 1. The largest absolute Gasteiger partial charge is 0.480 e. The number of carbonyl (C=O) groups excluding carboxylic acids is 1. The van der Waals surface area contributed by atoms with Crippen molar-refractivity contribution in [2.75, 3.05) is 0 Å². The summed E-state index contributed by atoms with van der Waals surface area (Å²) >= 11 is 5.94. The first kappa shape index (κ1) is 18.7. The lowest BCUT2D eigenvalue weighted by Gasteiger charge is -2.15. The first-order valence-electron chi connectivity index (χ1n) is 8.46. The summed E-state index contributed by atoms with van der Waals surface area (Å²) in [6.07, 6.45) is 0.156. The van der Waals surface area contributed by atoms with Gasteiger partial charge in [0.1, 0.15) is 6.04 Å². The molecule has 0 heterocycles. The van der Waals surface area contributed by atoms with E-state index in [0.717, 1.165) is 16.7 Å². The molecule has 0 saturated carbocycles. The SMILES string of the molecule is O=C(N[C@@H](Cc1cccc(Cl)c1)C(=O)O)c1ccc(-c2ccccc2)cc1. The highest BCUT2D eigenvalue weighted by atomic mass is 35.5. The molecule has 3 aromatic rings. The van der Waals surface area contributed by atoms with Gasteiger partial charge >= 0.3 is 5.97 Å². The van der Waals surface area contributed by atoms with Gasteiger partial charge in [0, 0.05) is 17.0 Å². The second-order valence-electron chi connectivity index (χ2n) is 6.14. The summed E-state index contributed by atoms with van der Waals surface area (Å²) in [6.45, 7) is 0. The third-order valence-electron chi connectivity index (χ3n) is 4.19. The maximum Gasteiger partial charge on any atom is 0.326 e. The van der Waals surface area contributed by atoms with Gasteiger partial charge in [-0.05, 0) is 41.0 Å². The Hall–Kier alpha value is -3.11. The third kappa shape index (κ3) is 4.96. The van der Waals surface area contributed by atoms with E-state index in [2.05, 4.69) is 5.32 Å². The number of halogens is 1. The maximum absolute atomic E-state index is 12.5. The van der Waals surface area contributed by atoms with Crippen LogP contribution in [0, 0.1) is 0 Å². The predicted molar refractivity (Wildman–Crippen MR) is 106 cm³/mol. The van der Waals surface area contributed by atoms with Gasteiger partial charge in [0.05, 0.1) is 0 Å². The Morgan fingerprint density at radius 2 is 1.56 bits per heavy atom. The molecule has 3 aromatic carbocycles. The highest BCUT2D eigenvalue weighted by Gasteiger charge is 2.21. The van der Waals surface area contributed by atoms with Crippen molar-refractivity contribution in [1.82, 2.24) is 5.32 Å². The Labute approximate surface area is 162 Å². The first-order valence-corrected chi connectivity index (χ1v) is 8.84. The van der Waals surface area contributed by atoms with Gasteiger partial charge in [0.2, 0.25) is 0 Å². The van der Waals surface area contributed by atoms with Crippen molar-refractivity contribution >= 4 is 23.5 Å². The summed E-state index contributed by atoms with van der Waals surface area (Å²) in [6, 6.07) is 22.8. The second kappa shape index (κ2) is 8.52. The van der Waals surface area contributed by atoms with E-state index in [1.807, 2.05) is 42.5 Å². The Kier molecular flexibility index (Phi) is 5.89. The molecule has 0 aliphatic carbocycles. The van der Waals surface area contributed by atoms with Gasteiger partial charge in [0.25, 0.3) is 5.91 Å². The van der Waals surface area contributed by atoms with Crippen molar-refractivity contribution in [3.8, 4) is 11.1 Å². The molecule has 4 nitrogen and oxygen atoms in total. The van der Waals surface area contributed by atoms with Gasteiger partial charge in [-0.1, -0.05) is 66.2 Å². The number of nitrogens with one attached hydrogen (secondary N) is 1. The molecule has 1 atom stereocenters. The van der Waals surface area contributed by atoms with Crippen molar-refractivity contribution < 1.29 is 14.7 Å². The summed E-state index contributed by atoms with van der Waals surface area (Å²) in [4.78, 5) is 24.0. The minimum atomic E-state index is -1.09. The molecule has 0 saturated heterocycles. The average molecular weight is 380 g/mol. The Morgan fingerprint density at radius 3 is 2.19 bits per heavy atom. The van der Waals surface area contributed by atoms with E-state index >= 15 is 0 Å². The number of carboxylic acid groups (broad SMARTS) is 1. The number of rotatable bonds is 6. The highest BCUT2D eigenvalue weighted by Crippen LogP contribution is 2.19. The van der Waals surface area contributed by atoms with Gasteiger partial charge in [-0.25, -0.2) is 4.79 Å². The monoisotopic (exact) mass is 379 g/mol. The van der Waals surface area contributed by atoms with E-state index < -0.39 is 17.9 Å². The Balaban J connectivity index is 1.71. The summed E-state index contributed by atoms with van der Waals surface area (Å²) < 4.78 is 0. The van der Waals surface area contributed by atoms with E-state index in [9.17, 15) is 14.7 Å².